The predicted molar refractivity (Wildman–Crippen MR) is 91.0 cm³/mol. The second kappa shape index (κ2) is 7.41. The molecule has 0 heterocycles. The van der Waals surface area contributed by atoms with E-state index in [-0.39, 0.29) is 12.4 Å². The number of carbonyl (C=O) groups excluding carboxylic acids is 1. The number of hydrogen-bond acceptors (Lipinski definition) is 2. The number of hydrogen-bond donors (Lipinski definition) is 0. The van der Waals surface area contributed by atoms with Gasteiger partial charge in [0, 0.05) is 5.92 Å². The van der Waals surface area contributed by atoms with E-state index in [1.807, 2.05) is 78.9 Å². The number of para-hydroxylation sites is 1. The van der Waals surface area contributed by atoms with Gasteiger partial charge in [-0.3, -0.25) is 4.79 Å². The zero-order chi connectivity index (χ0) is 15.9. The van der Waals surface area contributed by atoms with Gasteiger partial charge in [-0.2, -0.15) is 0 Å². The molecule has 113 valence electrons. The van der Waals surface area contributed by atoms with Gasteiger partial charge in [-0.25, -0.2) is 0 Å². The van der Waals surface area contributed by atoms with Crippen molar-refractivity contribution in [3.05, 3.63) is 108 Å². The van der Waals surface area contributed by atoms with Gasteiger partial charge < -0.3 is 4.74 Å². The normalized spacial score (nSPS) is 10.5. The Labute approximate surface area is 136 Å². The SMILES string of the molecule is O=C(C[C](c1ccccc1)c1ccccc1)Oc1ccccc1. The highest BCUT2D eigenvalue weighted by Gasteiger charge is 2.20. The lowest BCUT2D eigenvalue weighted by molar-refractivity contribution is -0.133. The summed E-state index contributed by atoms with van der Waals surface area (Å²) in [7, 11) is 0. The average molecular weight is 301 g/mol. The Balaban J connectivity index is 1.81. The molecule has 0 atom stereocenters. The van der Waals surface area contributed by atoms with Gasteiger partial charge in [0.05, 0.1) is 6.42 Å². The lowest BCUT2D eigenvalue weighted by Crippen LogP contribution is -2.14. The van der Waals surface area contributed by atoms with Gasteiger partial charge in [-0.15, -0.1) is 0 Å². The summed E-state index contributed by atoms with van der Waals surface area (Å²) in [6.07, 6.45) is 0.225. The molecule has 0 saturated carbocycles. The van der Waals surface area contributed by atoms with Crippen molar-refractivity contribution in [2.24, 2.45) is 0 Å². The summed E-state index contributed by atoms with van der Waals surface area (Å²) < 4.78 is 5.43. The molecule has 3 rings (SSSR count). The summed E-state index contributed by atoms with van der Waals surface area (Å²) >= 11 is 0. The highest BCUT2D eigenvalue weighted by Crippen LogP contribution is 2.27. The van der Waals surface area contributed by atoms with E-state index in [9.17, 15) is 4.79 Å². The van der Waals surface area contributed by atoms with Crippen molar-refractivity contribution in [2.45, 2.75) is 6.42 Å². The lowest BCUT2D eigenvalue weighted by Gasteiger charge is -2.16. The smallest absolute Gasteiger partial charge is 0.312 e. The number of carbonyl (C=O) groups is 1. The van der Waals surface area contributed by atoms with Gasteiger partial charge in [0.25, 0.3) is 0 Å². The molecule has 0 N–H and O–H groups in total. The number of benzene rings is 3. The van der Waals surface area contributed by atoms with Crippen LogP contribution in [-0.2, 0) is 4.79 Å². The second-order valence-corrected chi connectivity index (χ2v) is 5.17. The zero-order valence-corrected chi connectivity index (χ0v) is 12.7. The molecule has 0 bridgehead atoms. The monoisotopic (exact) mass is 301 g/mol. The molecule has 3 aromatic carbocycles. The van der Waals surface area contributed by atoms with E-state index in [0.717, 1.165) is 17.0 Å². The molecule has 23 heavy (non-hydrogen) atoms. The Morgan fingerprint density at radius 1 is 0.652 bits per heavy atom. The van der Waals surface area contributed by atoms with Gasteiger partial charge in [-0.05, 0) is 23.3 Å². The van der Waals surface area contributed by atoms with E-state index in [2.05, 4.69) is 0 Å². The Kier molecular flexibility index (Phi) is 4.85. The van der Waals surface area contributed by atoms with Gasteiger partial charge in [0.1, 0.15) is 5.75 Å². The van der Waals surface area contributed by atoms with Crippen LogP contribution < -0.4 is 4.74 Å². The van der Waals surface area contributed by atoms with Gasteiger partial charge in [-0.1, -0.05) is 78.9 Å². The molecule has 0 saturated heterocycles. The molecular weight excluding hydrogens is 284 g/mol. The van der Waals surface area contributed by atoms with E-state index in [0.29, 0.717) is 5.75 Å². The molecule has 2 nitrogen and oxygen atoms in total. The Morgan fingerprint density at radius 2 is 1.09 bits per heavy atom. The summed E-state index contributed by atoms with van der Waals surface area (Å²) in [5.41, 5.74) is 2.06. The van der Waals surface area contributed by atoms with Crippen LogP contribution in [0.4, 0.5) is 0 Å². The van der Waals surface area contributed by atoms with Gasteiger partial charge in [0.15, 0.2) is 0 Å². The van der Waals surface area contributed by atoms with Crippen molar-refractivity contribution < 1.29 is 9.53 Å². The molecule has 0 unspecified atom stereocenters. The predicted octanol–water partition coefficient (Wildman–Crippen LogP) is 4.65. The van der Waals surface area contributed by atoms with E-state index in [1.165, 1.54) is 0 Å². The van der Waals surface area contributed by atoms with Crippen molar-refractivity contribution in [1.29, 1.82) is 0 Å². The topological polar surface area (TPSA) is 26.3 Å². The van der Waals surface area contributed by atoms with E-state index in [1.54, 1.807) is 12.1 Å². The van der Waals surface area contributed by atoms with E-state index < -0.39 is 0 Å². The molecule has 0 amide bonds. The maximum atomic E-state index is 12.3. The maximum absolute atomic E-state index is 12.3. The fourth-order valence-electron chi connectivity index (χ4n) is 2.45. The second-order valence-electron chi connectivity index (χ2n) is 5.17. The van der Waals surface area contributed by atoms with Crippen LogP contribution in [0.2, 0.25) is 0 Å². The molecule has 0 aliphatic rings. The average Bonchev–Trinajstić information content (AvgIpc) is 2.62. The standard InChI is InChI=1S/C21H17O2/c22-21(23-19-14-8-3-9-15-19)16-20(17-10-4-1-5-11-17)18-12-6-2-7-13-18/h1-15H,16H2. The van der Waals surface area contributed by atoms with Crippen molar-refractivity contribution in [3.63, 3.8) is 0 Å². The van der Waals surface area contributed by atoms with E-state index >= 15 is 0 Å². The van der Waals surface area contributed by atoms with Crippen LogP contribution in [-0.4, -0.2) is 5.97 Å². The first-order valence-corrected chi connectivity index (χ1v) is 7.55. The van der Waals surface area contributed by atoms with Crippen LogP contribution in [0.5, 0.6) is 5.75 Å². The Hall–Kier alpha value is -2.87. The summed E-state index contributed by atoms with van der Waals surface area (Å²) in [4.78, 5) is 12.3. The third kappa shape index (κ3) is 4.07. The van der Waals surface area contributed by atoms with Crippen LogP contribution >= 0.6 is 0 Å². The quantitative estimate of drug-likeness (QED) is 0.506. The molecule has 0 spiro atoms. The molecule has 2 heteroatoms. The third-order valence-corrected chi connectivity index (χ3v) is 3.54. The molecule has 0 fully saturated rings. The number of ether oxygens (including phenoxy) is 1. The summed E-state index contributed by atoms with van der Waals surface area (Å²) in [5.74, 6) is 1.27. The van der Waals surface area contributed by atoms with Crippen molar-refractivity contribution in [3.8, 4) is 5.75 Å². The zero-order valence-electron chi connectivity index (χ0n) is 12.7. The Morgan fingerprint density at radius 3 is 1.57 bits per heavy atom. The summed E-state index contributed by atoms with van der Waals surface area (Å²) in [5, 5.41) is 0. The van der Waals surface area contributed by atoms with Crippen LogP contribution in [0.25, 0.3) is 0 Å². The minimum absolute atomic E-state index is 0.225. The summed E-state index contributed by atoms with van der Waals surface area (Å²) in [6, 6.07) is 29.0. The van der Waals surface area contributed by atoms with Crippen molar-refractivity contribution >= 4 is 5.97 Å². The fourth-order valence-corrected chi connectivity index (χ4v) is 2.45. The first-order chi connectivity index (χ1) is 11.3. The van der Waals surface area contributed by atoms with Crippen LogP contribution in [0.3, 0.4) is 0 Å². The molecular formula is C21H17O2. The first-order valence-electron chi connectivity index (χ1n) is 7.55. The largest absolute Gasteiger partial charge is 0.426 e. The molecule has 0 aliphatic carbocycles. The first kappa shape index (κ1) is 15.0. The Bertz CT molecular complexity index is 697. The van der Waals surface area contributed by atoms with Crippen LogP contribution in [0.15, 0.2) is 91.0 Å². The minimum Gasteiger partial charge on any atom is -0.426 e. The molecule has 0 aromatic heterocycles. The number of rotatable bonds is 5. The minimum atomic E-state index is -0.265. The highest BCUT2D eigenvalue weighted by atomic mass is 16.5. The van der Waals surface area contributed by atoms with E-state index in [4.69, 9.17) is 4.74 Å². The van der Waals surface area contributed by atoms with Crippen molar-refractivity contribution in [1.82, 2.24) is 0 Å². The van der Waals surface area contributed by atoms with Gasteiger partial charge >= 0.3 is 5.97 Å². The molecule has 0 aliphatic heterocycles. The molecule has 1 radical (unpaired) electrons. The lowest BCUT2D eigenvalue weighted by atomic mass is 9.89. The highest BCUT2D eigenvalue weighted by molar-refractivity contribution is 5.77. The third-order valence-electron chi connectivity index (χ3n) is 3.54. The van der Waals surface area contributed by atoms with Gasteiger partial charge in [0.2, 0.25) is 0 Å². The fraction of sp³-hybridized carbons (Fsp3) is 0.0476. The van der Waals surface area contributed by atoms with Crippen LogP contribution in [0.1, 0.15) is 17.5 Å². The van der Waals surface area contributed by atoms with Crippen molar-refractivity contribution in [2.75, 3.05) is 0 Å². The number of esters is 1. The maximum Gasteiger partial charge on any atom is 0.312 e. The summed E-state index contributed by atoms with van der Waals surface area (Å²) in [6.45, 7) is 0. The molecule has 3 aromatic rings. The van der Waals surface area contributed by atoms with Crippen LogP contribution in [0, 0.1) is 5.92 Å².